The van der Waals surface area contributed by atoms with Crippen LogP contribution in [-0.4, -0.2) is 17.3 Å². The van der Waals surface area contributed by atoms with Crippen LogP contribution in [0, 0.1) is 6.92 Å². The highest BCUT2D eigenvalue weighted by Crippen LogP contribution is 2.23. The van der Waals surface area contributed by atoms with E-state index < -0.39 is 0 Å². The molecule has 2 aromatic rings. The molecule has 2 rings (SSSR count). The lowest BCUT2D eigenvalue weighted by molar-refractivity contribution is 0.394. The predicted octanol–water partition coefficient (Wildman–Crippen LogP) is 2.04. The molecule has 0 atom stereocenters. The maximum atomic E-state index is 5.77. The van der Waals surface area contributed by atoms with E-state index in [4.69, 9.17) is 10.5 Å². The zero-order valence-corrected chi connectivity index (χ0v) is 9.27. The van der Waals surface area contributed by atoms with Gasteiger partial charge < -0.3 is 10.5 Å². The van der Waals surface area contributed by atoms with Crippen LogP contribution in [0.3, 0.4) is 0 Å². The van der Waals surface area contributed by atoms with E-state index in [1.54, 1.807) is 6.07 Å². The zero-order chi connectivity index (χ0) is 11.5. The molecular formula is C12H13N3O. The fraction of sp³-hybridized carbons (Fsp3) is 0.167. The first-order valence-corrected chi connectivity index (χ1v) is 4.95. The van der Waals surface area contributed by atoms with Crippen LogP contribution in [0.1, 0.15) is 5.56 Å². The van der Waals surface area contributed by atoms with Crippen molar-refractivity contribution in [2.75, 3.05) is 12.8 Å². The molecular weight excluding hydrogens is 202 g/mol. The number of methoxy groups -OCH3 is 1. The molecule has 0 aliphatic carbocycles. The smallest absolute Gasteiger partial charge is 0.256 e. The number of benzene rings is 1. The van der Waals surface area contributed by atoms with E-state index in [1.807, 2.05) is 31.2 Å². The highest BCUT2D eigenvalue weighted by Gasteiger charge is 2.05. The lowest BCUT2D eigenvalue weighted by atomic mass is 10.1. The van der Waals surface area contributed by atoms with Crippen LogP contribution in [0.2, 0.25) is 0 Å². The molecule has 1 aromatic carbocycles. The molecule has 1 heterocycles. The maximum Gasteiger partial charge on any atom is 0.256 e. The van der Waals surface area contributed by atoms with Gasteiger partial charge in [0.25, 0.3) is 5.88 Å². The summed E-state index contributed by atoms with van der Waals surface area (Å²) in [5, 5.41) is 7.95. The Morgan fingerprint density at radius 1 is 1.12 bits per heavy atom. The third-order valence-corrected chi connectivity index (χ3v) is 2.33. The van der Waals surface area contributed by atoms with Crippen LogP contribution in [0.15, 0.2) is 30.3 Å². The van der Waals surface area contributed by atoms with Gasteiger partial charge in [-0.25, -0.2) is 0 Å². The van der Waals surface area contributed by atoms with Gasteiger partial charge in [0, 0.05) is 5.56 Å². The van der Waals surface area contributed by atoms with Crippen molar-refractivity contribution < 1.29 is 4.74 Å². The molecule has 16 heavy (non-hydrogen) atoms. The van der Waals surface area contributed by atoms with Crippen molar-refractivity contribution in [2.45, 2.75) is 6.92 Å². The number of hydrogen-bond acceptors (Lipinski definition) is 4. The summed E-state index contributed by atoms with van der Waals surface area (Å²) >= 11 is 0. The van der Waals surface area contributed by atoms with Crippen LogP contribution >= 0.6 is 0 Å². The first-order valence-electron chi connectivity index (χ1n) is 4.95. The van der Waals surface area contributed by atoms with Crippen LogP contribution in [0.5, 0.6) is 5.88 Å². The van der Waals surface area contributed by atoms with Gasteiger partial charge in [0.1, 0.15) is 0 Å². The third kappa shape index (κ3) is 1.95. The molecule has 0 saturated heterocycles. The van der Waals surface area contributed by atoms with Crippen molar-refractivity contribution in [3.63, 3.8) is 0 Å². The Morgan fingerprint density at radius 3 is 2.38 bits per heavy atom. The van der Waals surface area contributed by atoms with Gasteiger partial charge in [-0.3, -0.25) is 0 Å². The number of hydrogen-bond donors (Lipinski definition) is 1. The van der Waals surface area contributed by atoms with Crippen molar-refractivity contribution in [2.24, 2.45) is 0 Å². The van der Waals surface area contributed by atoms with E-state index in [0.717, 1.165) is 11.3 Å². The number of nitrogen functional groups attached to an aromatic ring is 1. The van der Waals surface area contributed by atoms with Crippen molar-refractivity contribution in [3.8, 4) is 17.1 Å². The van der Waals surface area contributed by atoms with Crippen molar-refractivity contribution in [1.82, 2.24) is 10.2 Å². The number of aryl methyl sites for hydroxylation is 1. The van der Waals surface area contributed by atoms with E-state index in [1.165, 1.54) is 12.7 Å². The van der Waals surface area contributed by atoms with Gasteiger partial charge in [0.2, 0.25) is 0 Å². The molecule has 0 spiro atoms. The molecule has 0 aliphatic rings. The van der Waals surface area contributed by atoms with E-state index in [0.29, 0.717) is 11.6 Å². The monoisotopic (exact) mass is 215 g/mol. The first kappa shape index (κ1) is 10.4. The standard InChI is InChI=1S/C12H13N3O/c1-8-3-5-9(6-4-8)11-7-10(13)12(16-2)15-14-11/h3-7H,1-2H3,(H2,13,14). The molecule has 0 aliphatic heterocycles. The fourth-order valence-corrected chi connectivity index (χ4v) is 1.42. The second kappa shape index (κ2) is 4.18. The summed E-state index contributed by atoms with van der Waals surface area (Å²) in [7, 11) is 1.52. The molecule has 82 valence electrons. The van der Waals surface area contributed by atoms with Crippen LogP contribution < -0.4 is 10.5 Å². The van der Waals surface area contributed by atoms with E-state index in [9.17, 15) is 0 Å². The van der Waals surface area contributed by atoms with Gasteiger partial charge in [-0.15, -0.1) is 10.2 Å². The van der Waals surface area contributed by atoms with Crippen LogP contribution in [0.4, 0.5) is 5.69 Å². The van der Waals surface area contributed by atoms with Gasteiger partial charge in [-0.05, 0) is 13.0 Å². The van der Waals surface area contributed by atoms with E-state index in [-0.39, 0.29) is 0 Å². The van der Waals surface area contributed by atoms with Gasteiger partial charge in [0.15, 0.2) is 0 Å². The number of nitrogens with zero attached hydrogens (tertiary/aromatic N) is 2. The average molecular weight is 215 g/mol. The minimum atomic E-state index is 0.357. The van der Waals surface area contributed by atoms with Gasteiger partial charge in [0.05, 0.1) is 18.5 Å². The molecule has 4 heteroatoms. The zero-order valence-electron chi connectivity index (χ0n) is 9.27. The van der Waals surface area contributed by atoms with Gasteiger partial charge in [-0.2, -0.15) is 0 Å². The number of anilines is 1. The van der Waals surface area contributed by atoms with Gasteiger partial charge in [-0.1, -0.05) is 29.8 Å². The Balaban J connectivity index is 2.41. The maximum absolute atomic E-state index is 5.77. The summed E-state index contributed by atoms with van der Waals surface area (Å²) in [5.41, 5.74) is 9.21. The SMILES string of the molecule is COc1nnc(-c2ccc(C)cc2)cc1N. The fourth-order valence-electron chi connectivity index (χ4n) is 1.42. The molecule has 0 amide bonds. The van der Waals surface area contributed by atoms with Gasteiger partial charge >= 0.3 is 0 Å². The Labute approximate surface area is 94.1 Å². The van der Waals surface area contributed by atoms with E-state index >= 15 is 0 Å². The first-order chi connectivity index (χ1) is 7.70. The Morgan fingerprint density at radius 2 is 1.81 bits per heavy atom. The molecule has 0 unspecified atom stereocenters. The minimum absolute atomic E-state index is 0.357. The molecule has 0 fully saturated rings. The van der Waals surface area contributed by atoms with Crippen LogP contribution in [0.25, 0.3) is 11.3 Å². The summed E-state index contributed by atoms with van der Waals surface area (Å²) < 4.78 is 4.96. The molecule has 1 aromatic heterocycles. The average Bonchev–Trinajstić information content (AvgIpc) is 2.30. The molecule has 0 saturated carbocycles. The highest BCUT2D eigenvalue weighted by molar-refractivity contribution is 5.64. The highest BCUT2D eigenvalue weighted by atomic mass is 16.5. The summed E-state index contributed by atoms with van der Waals surface area (Å²) in [6.07, 6.45) is 0. The quantitative estimate of drug-likeness (QED) is 0.832. The lowest BCUT2D eigenvalue weighted by Crippen LogP contribution is -1.98. The lowest BCUT2D eigenvalue weighted by Gasteiger charge is -2.05. The number of nitrogens with two attached hydrogens (primary N) is 1. The Bertz CT molecular complexity index is 494. The normalized spacial score (nSPS) is 10.1. The Kier molecular flexibility index (Phi) is 2.72. The predicted molar refractivity (Wildman–Crippen MR) is 63.2 cm³/mol. The minimum Gasteiger partial charge on any atom is -0.478 e. The van der Waals surface area contributed by atoms with Crippen molar-refractivity contribution >= 4 is 5.69 Å². The molecule has 0 radical (unpaired) electrons. The Hall–Kier alpha value is -2.10. The molecule has 2 N–H and O–H groups in total. The number of rotatable bonds is 2. The number of aromatic nitrogens is 2. The third-order valence-electron chi connectivity index (χ3n) is 2.33. The molecule has 0 bridgehead atoms. The van der Waals surface area contributed by atoms with Crippen molar-refractivity contribution in [1.29, 1.82) is 0 Å². The van der Waals surface area contributed by atoms with Crippen LogP contribution in [-0.2, 0) is 0 Å². The largest absolute Gasteiger partial charge is 0.478 e. The second-order valence-electron chi connectivity index (χ2n) is 3.56. The van der Waals surface area contributed by atoms with E-state index in [2.05, 4.69) is 10.2 Å². The topological polar surface area (TPSA) is 61.0 Å². The summed E-state index contributed by atoms with van der Waals surface area (Å²) in [6.45, 7) is 2.04. The second-order valence-corrected chi connectivity index (χ2v) is 3.56. The summed E-state index contributed by atoms with van der Waals surface area (Å²) in [6, 6.07) is 9.79. The summed E-state index contributed by atoms with van der Waals surface area (Å²) in [4.78, 5) is 0. The van der Waals surface area contributed by atoms with Crippen molar-refractivity contribution in [3.05, 3.63) is 35.9 Å². The summed E-state index contributed by atoms with van der Waals surface area (Å²) in [5.74, 6) is 0.357. The number of ether oxygens (including phenoxy) is 1. The molecule has 4 nitrogen and oxygen atoms in total.